The Bertz CT molecular complexity index is 1480. The third-order valence-electron chi connectivity index (χ3n) is 6.66. The van der Waals surface area contributed by atoms with E-state index in [1.165, 1.54) is 49.5 Å². The number of anilines is 1. The second-order valence-electron chi connectivity index (χ2n) is 10.3. The van der Waals surface area contributed by atoms with Crippen molar-refractivity contribution in [3.05, 3.63) is 82.9 Å². The van der Waals surface area contributed by atoms with Crippen LogP contribution in [-0.2, 0) is 26.2 Å². The maximum Gasteiger partial charge on any atom is 0.264 e. The molecule has 0 saturated carbocycles. The fourth-order valence-electron chi connectivity index (χ4n) is 4.17. The van der Waals surface area contributed by atoms with Crippen LogP contribution in [0.25, 0.3) is 0 Å². The lowest BCUT2D eigenvalue weighted by molar-refractivity contribution is -0.139. The number of hydrogen-bond donors (Lipinski definition) is 1. The summed E-state index contributed by atoms with van der Waals surface area (Å²) in [5.41, 5.74) is 2.09. The Morgan fingerprint density at radius 3 is 2.10 bits per heavy atom. The van der Waals surface area contributed by atoms with E-state index in [0.717, 1.165) is 15.4 Å². The third kappa shape index (κ3) is 8.17. The fourth-order valence-corrected chi connectivity index (χ4v) is 5.72. The zero-order valence-electron chi connectivity index (χ0n) is 24.8. The van der Waals surface area contributed by atoms with Gasteiger partial charge in [0, 0.05) is 24.2 Å². The highest BCUT2D eigenvalue weighted by Gasteiger charge is 2.33. The lowest BCUT2D eigenvalue weighted by atomic mass is 10.1. The topological polar surface area (TPSA) is 105 Å². The zero-order chi connectivity index (χ0) is 31.0. The Balaban J connectivity index is 2.04. The first-order valence-corrected chi connectivity index (χ1v) is 15.3. The molecule has 0 radical (unpaired) electrons. The summed E-state index contributed by atoms with van der Waals surface area (Å²) in [6, 6.07) is 17.1. The van der Waals surface area contributed by atoms with Gasteiger partial charge in [-0.15, -0.1) is 0 Å². The second-order valence-corrected chi connectivity index (χ2v) is 12.6. The van der Waals surface area contributed by atoms with E-state index in [2.05, 4.69) is 5.32 Å². The molecule has 3 rings (SSSR count). The molecule has 0 unspecified atom stereocenters. The van der Waals surface area contributed by atoms with Crippen LogP contribution in [0, 0.1) is 12.8 Å². The van der Waals surface area contributed by atoms with Crippen molar-refractivity contribution in [1.29, 1.82) is 0 Å². The van der Waals surface area contributed by atoms with Crippen molar-refractivity contribution in [1.82, 2.24) is 10.2 Å². The average molecular weight is 616 g/mol. The number of ether oxygens (including phenoxy) is 2. The number of methoxy groups -OCH3 is 2. The molecule has 1 atom stereocenters. The van der Waals surface area contributed by atoms with Crippen LogP contribution in [0.5, 0.6) is 11.5 Å². The molecular formula is C31H38ClN3O6S. The smallest absolute Gasteiger partial charge is 0.264 e. The first kappa shape index (κ1) is 32.8. The van der Waals surface area contributed by atoms with Crippen LogP contribution in [0.1, 0.15) is 31.9 Å². The maximum atomic E-state index is 14.1. The van der Waals surface area contributed by atoms with Crippen molar-refractivity contribution in [2.24, 2.45) is 5.92 Å². The van der Waals surface area contributed by atoms with Gasteiger partial charge in [-0.25, -0.2) is 8.42 Å². The van der Waals surface area contributed by atoms with Crippen molar-refractivity contribution in [2.45, 2.75) is 45.2 Å². The van der Waals surface area contributed by atoms with Crippen LogP contribution < -0.4 is 19.1 Å². The Morgan fingerprint density at radius 2 is 1.52 bits per heavy atom. The highest BCUT2D eigenvalue weighted by Crippen LogP contribution is 2.32. The lowest BCUT2D eigenvalue weighted by Crippen LogP contribution is -2.51. The summed E-state index contributed by atoms with van der Waals surface area (Å²) in [6.07, 6.45) is 0. The predicted molar refractivity (Wildman–Crippen MR) is 165 cm³/mol. The van der Waals surface area contributed by atoms with Crippen molar-refractivity contribution >= 4 is 39.1 Å². The highest BCUT2D eigenvalue weighted by atomic mass is 35.5. The summed E-state index contributed by atoms with van der Waals surface area (Å²) in [5.74, 6) is -0.0883. The quantitative estimate of drug-likeness (QED) is 0.289. The molecule has 0 aromatic heterocycles. The maximum absolute atomic E-state index is 14.1. The van der Waals surface area contributed by atoms with E-state index in [1.807, 2.05) is 45.0 Å². The van der Waals surface area contributed by atoms with Crippen LogP contribution in [0.4, 0.5) is 5.69 Å². The molecule has 9 nitrogen and oxygen atoms in total. The van der Waals surface area contributed by atoms with E-state index in [0.29, 0.717) is 17.3 Å². The summed E-state index contributed by atoms with van der Waals surface area (Å²) < 4.78 is 39.7. The number of hydrogen-bond acceptors (Lipinski definition) is 6. The molecule has 0 heterocycles. The van der Waals surface area contributed by atoms with Crippen LogP contribution in [0.3, 0.4) is 0 Å². The van der Waals surface area contributed by atoms with Gasteiger partial charge < -0.3 is 19.7 Å². The Labute approximate surface area is 253 Å². The molecule has 42 heavy (non-hydrogen) atoms. The molecule has 0 fully saturated rings. The van der Waals surface area contributed by atoms with E-state index in [9.17, 15) is 18.0 Å². The summed E-state index contributed by atoms with van der Waals surface area (Å²) >= 11 is 6.09. The molecule has 3 aromatic rings. The van der Waals surface area contributed by atoms with E-state index in [1.54, 1.807) is 19.1 Å². The van der Waals surface area contributed by atoms with Gasteiger partial charge in [-0.3, -0.25) is 13.9 Å². The number of benzene rings is 3. The normalized spacial score (nSPS) is 12.0. The van der Waals surface area contributed by atoms with Gasteiger partial charge in [0.05, 0.1) is 24.8 Å². The standard InChI is InChI=1S/C31H38ClN3O6S/c1-21(2)18-33-31(37)23(4)34(19-24-9-7-22(3)8-10-24)30(36)20-35(26-13-11-25(32)12-14-26)42(38,39)27-15-16-28(40-5)29(17-27)41-6/h7-17,21,23H,18-20H2,1-6H3,(H,33,37)/t23-/m0/s1. The Morgan fingerprint density at radius 1 is 0.905 bits per heavy atom. The first-order chi connectivity index (χ1) is 19.9. The number of carbonyl (C=O) groups excluding carboxylic acids is 2. The molecule has 11 heteroatoms. The number of amides is 2. The summed E-state index contributed by atoms with van der Waals surface area (Å²) in [5, 5.41) is 3.29. The Kier molecular flexibility index (Phi) is 11.2. The minimum absolute atomic E-state index is 0.101. The summed E-state index contributed by atoms with van der Waals surface area (Å²) in [4.78, 5) is 28.4. The average Bonchev–Trinajstić information content (AvgIpc) is 2.97. The van der Waals surface area contributed by atoms with Crippen LogP contribution in [0.2, 0.25) is 5.02 Å². The van der Waals surface area contributed by atoms with Gasteiger partial charge in [-0.2, -0.15) is 0 Å². The highest BCUT2D eigenvalue weighted by molar-refractivity contribution is 7.92. The van der Waals surface area contributed by atoms with E-state index in [-0.39, 0.29) is 34.7 Å². The predicted octanol–water partition coefficient (Wildman–Crippen LogP) is 5.05. The van der Waals surface area contributed by atoms with Crippen LogP contribution in [-0.4, -0.2) is 58.5 Å². The van der Waals surface area contributed by atoms with Gasteiger partial charge in [0.1, 0.15) is 12.6 Å². The van der Waals surface area contributed by atoms with Crippen molar-refractivity contribution in [3.63, 3.8) is 0 Å². The number of carbonyl (C=O) groups is 2. The zero-order valence-corrected chi connectivity index (χ0v) is 26.3. The lowest BCUT2D eigenvalue weighted by Gasteiger charge is -2.32. The minimum Gasteiger partial charge on any atom is -0.493 e. The molecule has 0 aliphatic carbocycles. The summed E-state index contributed by atoms with van der Waals surface area (Å²) in [7, 11) is -1.44. The van der Waals surface area contributed by atoms with Gasteiger partial charge in [0.2, 0.25) is 11.8 Å². The number of sulfonamides is 1. The van der Waals surface area contributed by atoms with E-state index >= 15 is 0 Å². The number of aryl methyl sites for hydroxylation is 1. The molecule has 0 saturated heterocycles. The van der Waals surface area contributed by atoms with Gasteiger partial charge in [-0.05, 0) is 61.7 Å². The molecular weight excluding hydrogens is 578 g/mol. The van der Waals surface area contributed by atoms with Crippen molar-refractivity contribution in [3.8, 4) is 11.5 Å². The monoisotopic (exact) mass is 615 g/mol. The second kappa shape index (κ2) is 14.4. The molecule has 0 bridgehead atoms. The van der Waals surface area contributed by atoms with E-state index < -0.39 is 28.5 Å². The van der Waals surface area contributed by atoms with Crippen molar-refractivity contribution in [2.75, 3.05) is 31.6 Å². The minimum atomic E-state index is -4.29. The molecule has 0 aliphatic heterocycles. The number of halogens is 1. The molecule has 3 aromatic carbocycles. The summed E-state index contributed by atoms with van der Waals surface area (Å²) in [6.45, 7) is 7.54. The number of nitrogens with zero attached hydrogens (tertiary/aromatic N) is 2. The van der Waals surface area contributed by atoms with E-state index in [4.69, 9.17) is 21.1 Å². The largest absolute Gasteiger partial charge is 0.493 e. The number of nitrogens with one attached hydrogen (secondary N) is 1. The van der Waals surface area contributed by atoms with Crippen LogP contribution in [0.15, 0.2) is 71.6 Å². The van der Waals surface area contributed by atoms with Crippen LogP contribution >= 0.6 is 11.6 Å². The third-order valence-corrected chi connectivity index (χ3v) is 8.68. The van der Waals surface area contributed by atoms with Gasteiger partial charge in [0.15, 0.2) is 11.5 Å². The van der Waals surface area contributed by atoms with Gasteiger partial charge in [-0.1, -0.05) is 55.3 Å². The molecule has 0 spiro atoms. The number of rotatable bonds is 13. The SMILES string of the molecule is COc1ccc(S(=O)(=O)N(CC(=O)N(Cc2ccc(C)cc2)[C@@H](C)C(=O)NCC(C)C)c2ccc(Cl)cc2)cc1OC. The molecule has 226 valence electrons. The fraction of sp³-hybridized carbons (Fsp3) is 0.355. The first-order valence-electron chi connectivity index (χ1n) is 13.5. The molecule has 1 N–H and O–H groups in total. The van der Waals surface area contributed by atoms with Gasteiger partial charge >= 0.3 is 0 Å². The van der Waals surface area contributed by atoms with Crippen molar-refractivity contribution < 1.29 is 27.5 Å². The molecule has 2 amide bonds. The Hall–Kier alpha value is -3.76. The molecule has 0 aliphatic rings. The van der Waals surface area contributed by atoms with Gasteiger partial charge in [0.25, 0.3) is 10.0 Å².